The lowest BCUT2D eigenvalue weighted by molar-refractivity contribution is -0.137. The monoisotopic (exact) mass is 285 g/mol. The smallest absolute Gasteiger partial charge is 0.384 e. The standard InChI is InChI=1S/C12H14F3N5/c1-8-6-18-20(7-8)3-2-17-11-5-9(12(13,14)15)4-10(16)19-11/h4-7H,2-3H2,1H3,(H3,16,17,19). The van der Waals surface area contributed by atoms with Gasteiger partial charge in [-0.1, -0.05) is 0 Å². The summed E-state index contributed by atoms with van der Waals surface area (Å²) in [5, 5.41) is 6.88. The summed E-state index contributed by atoms with van der Waals surface area (Å²) in [7, 11) is 0. The molecule has 0 spiro atoms. The van der Waals surface area contributed by atoms with Crippen LogP contribution in [0.5, 0.6) is 0 Å². The first-order valence-electron chi connectivity index (χ1n) is 5.92. The van der Waals surface area contributed by atoms with Crippen LogP contribution in [0.1, 0.15) is 11.1 Å². The molecule has 0 aliphatic heterocycles. The molecule has 2 aromatic rings. The molecule has 2 rings (SSSR count). The van der Waals surface area contributed by atoms with Crippen molar-refractivity contribution in [2.45, 2.75) is 19.6 Å². The Morgan fingerprint density at radius 1 is 1.35 bits per heavy atom. The second-order valence-electron chi connectivity index (χ2n) is 4.37. The Morgan fingerprint density at radius 3 is 2.70 bits per heavy atom. The number of aryl methyl sites for hydroxylation is 1. The molecular weight excluding hydrogens is 271 g/mol. The van der Waals surface area contributed by atoms with Crippen LogP contribution in [0.25, 0.3) is 0 Å². The van der Waals surface area contributed by atoms with E-state index in [-0.39, 0.29) is 11.6 Å². The third-order valence-corrected chi connectivity index (χ3v) is 2.58. The number of nitrogens with zero attached hydrogens (tertiary/aromatic N) is 3. The van der Waals surface area contributed by atoms with Gasteiger partial charge in [-0.3, -0.25) is 4.68 Å². The van der Waals surface area contributed by atoms with E-state index in [4.69, 9.17) is 5.73 Å². The van der Waals surface area contributed by atoms with E-state index in [9.17, 15) is 13.2 Å². The fraction of sp³-hybridized carbons (Fsp3) is 0.333. The van der Waals surface area contributed by atoms with Gasteiger partial charge in [0, 0.05) is 12.7 Å². The lowest BCUT2D eigenvalue weighted by atomic mass is 10.2. The van der Waals surface area contributed by atoms with Crippen molar-refractivity contribution in [1.29, 1.82) is 0 Å². The molecule has 3 N–H and O–H groups in total. The SMILES string of the molecule is Cc1cnn(CCNc2cc(C(F)(F)F)cc(N)n2)c1. The van der Waals surface area contributed by atoms with Crippen LogP contribution in [0.2, 0.25) is 0 Å². The van der Waals surface area contributed by atoms with Crippen molar-refractivity contribution >= 4 is 11.6 Å². The minimum atomic E-state index is -4.44. The molecule has 0 unspecified atom stereocenters. The van der Waals surface area contributed by atoms with E-state index in [0.29, 0.717) is 13.1 Å². The normalized spacial score (nSPS) is 11.6. The average molecular weight is 285 g/mol. The minimum absolute atomic E-state index is 0.0983. The van der Waals surface area contributed by atoms with Crippen molar-refractivity contribution in [2.75, 3.05) is 17.6 Å². The zero-order chi connectivity index (χ0) is 14.8. The number of nitrogen functional groups attached to an aromatic ring is 1. The van der Waals surface area contributed by atoms with Crippen molar-refractivity contribution in [3.8, 4) is 0 Å². The third kappa shape index (κ3) is 3.62. The van der Waals surface area contributed by atoms with Crippen molar-refractivity contribution < 1.29 is 13.2 Å². The van der Waals surface area contributed by atoms with E-state index < -0.39 is 11.7 Å². The van der Waals surface area contributed by atoms with Gasteiger partial charge in [-0.05, 0) is 24.6 Å². The van der Waals surface area contributed by atoms with Crippen molar-refractivity contribution in [3.05, 3.63) is 35.7 Å². The van der Waals surface area contributed by atoms with Gasteiger partial charge in [-0.2, -0.15) is 18.3 Å². The first kappa shape index (κ1) is 14.2. The molecule has 2 heterocycles. The number of halogens is 3. The summed E-state index contributed by atoms with van der Waals surface area (Å²) < 4.78 is 39.5. The summed E-state index contributed by atoms with van der Waals surface area (Å²) in [6, 6.07) is 1.74. The van der Waals surface area contributed by atoms with E-state index >= 15 is 0 Å². The molecule has 2 aromatic heterocycles. The molecule has 0 aliphatic rings. The first-order chi connectivity index (χ1) is 9.34. The molecular formula is C12H14F3N5. The van der Waals surface area contributed by atoms with E-state index in [2.05, 4.69) is 15.4 Å². The molecule has 0 aromatic carbocycles. The fourth-order valence-electron chi connectivity index (χ4n) is 1.69. The minimum Gasteiger partial charge on any atom is -0.384 e. The van der Waals surface area contributed by atoms with Crippen molar-refractivity contribution in [2.24, 2.45) is 0 Å². The summed E-state index contributed by atoms with van der Waals surface area (Å²) >= 11 is 0. The number of anilines is 2. The average Bonchev–Trinajstić information content (AvgIpc) is 2.73. The van der Waals surface area contributed by atoms with Gasteiger partial charge in [0.05, 0.1) is 18.3 Å². The van der Waals surface area contributed by atoms with E-state index in [0.717, 1.165) is 17.7 Å². The van der Waals surface area contributed by atoms with Crippen LogP contribution in [0, 0.1) is 6.92 Å². The van der Waals surface area contributed by atoms with Crippen molar-refractivity contribution in [1.82, 2.24) is 14.8 Å². The number of hydrogen-bond acceptors (Lipinski definition) is 4. The van der Waals surface area contributed by atoms with Gasteiger partial charge in [0.2, 0.25) is 0 Å². The van der Waals surface area contributed by atoms with Gasteiger partial charge in [-0.25, -0.2) is 4.98 Å². The van der Waals surface area contributed by atoms with Crippen LogP contribution >= 0.6 is 0 Å². The molecule has 8 heteroatoms. The van der Waals surface area contributed by atoms with Crippen LogP contribution in [0.15, 0.2) is 24.5 Å². The zero-order valence-electron chi connectivity index (χ0n) is 10.8. The van der Waals surface area contributed by atoms with Gasteiger partial charge < -0.3 is 11.1 Å². The lowest BCUT2D eigenvalue weighted by Gasteiger charge is -2.11. The summed E-state index contributed by atoms with van der Waals surface area (Å²) in [4.78, 5) is 3.82. The van der Waals surface area contributed by atoms with E-state index in [1.54, 1.807) is 10.9 Å². The molecule has 5 nitrogen and oxygen atoms in total. The van der Waals surface area contributed by atoms with Crippen molar-refractivity contribution in [3.63, 3.8) is 0 Å². The largest absolute Gasteiger partial charge is 0.416 e. The highest BCUT2D eigenvalue weighted by atomic mass is 19.4. The fourth-order valence-corrected chi connectivity index (χ4v) is 1.69. The van der Waals surface area contributed by atoms with Crippen LogP contribution in [0.4, 0.5) is 24.8 Å². The summed E-state index contributed by atoms with van der Waals surface area (Å²) in [6.45, 7) is 2.83. The highest BCUT2D eigenvalue weighted by Crippen LogP contribution is 2.31. The second-order valence-corrected chi connectivity index (χ2v) is 4.37. The Morgan fingerprint density at radius 2 is 2.10 bits per heavy atom. The van der Waals surface area contributed by atoms with Crippen LogP contribution in [-0.2, 0) is 12.7 Å². The maximum absolute atomic E-state index is 12.6. The first-order valence-corrected chi connectivity index (χ1v) is 5.92. The predicted octanol–water partition coefficient (Wildman–Crippen LogP) is 2.30. The van der Waals surface area contributed by atoms with E-state index in [1.807, 2.05) is 13.1 Å². The quantitative estimate of drug-likeness (QED) is 0.904. The summed E-state index contributed by atoms with van der Waals surface area (Å²) in [6.07, 6.45) is -0.886. The van der Waals surface area contributed by atoms with Gasteiger partial charge in [0.15, 0.2) is 0 Å². The molecule has 0 bridgehead atoms. The van der Waals surface area contributed by atoms with Gasteiger partial charge in [-0.15, -0.1) is 0 Å². The topological polar surface area (TPSA) is 68.8 Å². The van der Waals surface area contributed by atoms with Gasteiger partial charge in [0.1, 0.15) is 11.6 Å². The summed E-state index contributed by atoms with van der Waals surface area (Å²) in [5.41, 5.74) is 5.58. The van der Waals surface area contributed by atoms with Crippen LogP contribution in [-0.4, -0.2) is 21.3 Å². The predicted molar refractivity (Wildman–Crippen MR) is 69.1 cm³/mol. The highest BCUT2D eigenvalue weighted by molar-refractivity contribution is 5.47. The summed E-state index contributed by atoms with van der Waals surface area (Å²) in [5.74, 6) is -0.0709. The van der Waals surface area contributed by atoms with Crippen LogP contribution < -0.4 is 11.1 Å². The Balaban J connectivity index is 2.00. The Bertz CT molecular complexity index is 591. The highest BCUT2D eigenvalue weighted by Gasteiger charge is 2.31. The molecule has 108 valence electrons. The number of rotatable bonds is 4. The molecule has 20 heavy (non-hydrogen) atoms. The zero-order valence-corrected chi connectivity index (χ0v) is 10.8. The number of nitrogens with two attached hydrogens (primary N) is 1. The second kappa shape index (κ2) is 5.40. The Labute approximate surface area is 113 Å². The van der Waals surface area contributed by atoms with Crippen LogP contribution in [0.3, 0.4) is 0 Å². The Kier molecular flexibility index (Phi) is 3.82. The third-order valence-electron chi connectivity index (χ3n) is 2.58. The molecule has 0 fully saturated rings. The molecule has 0 amide bonds. The number of alkyl halides is 3. The molecule has 0 atom stereocenters. The van der Waals surface area contributed by atoms with Gasteiger partial charge in [0.25, 0.3) is 0 Å². The van der Waals surface area contributed by atoms with Gasteiger partial charge >= 0.3 is 6.18 Å². The lowest BCUT2D eigenvalue weighted by Crippen LogP contribution is -2.14. The van der Waals surface area contributed by atoms with E-state index in [1.165, 1.54) is 0 Å². The maximum atomic E-state index is 12.6. The molecule has 0 radical (unpaired) electrons. The Hall–Kier alpha value is -2.25. The maximum Gasteiger partial charge on any atom is 0.416 e. The molecule has 0 aliphatic carbocycles. The number of hydrogen-bond donors (Lipinski definition) is 2. The number of pyridine rings is 1. The molecule has 0 saturated carbocycles. The number of aromatic nitrogens is 3. The number of nitrogens with one attached hydrogen (secondary N) is 1. The molecule has 0 saturated heterocycles.